The number of rotatable bonds is 1. The Bertz CT molecular complexity index is 431. The minimum atomic E-state index is 0.0205. The van der Waals surface area contributed by atoms with Gasteiger partial charge in [0, 0.05) is 18.0 Å². The van der Waals surface area contributed by atoms with E-state index in [9.17, 15) is 0 Å². The minimum absolute atomic E-state index is 0.0205. The van der Waals surface area contributed by atoms with E-state index < -0.39 is 0 Å². The second-order valence-corrected chi connectivity index (χ2v) is 6.00. The lowest BCUT2D eigenvalue weighted by Crippen LogP contribution is -2.46. The molecule has 2 aliphatic rings. The summed E-state index contributed by atoms with van der Waals surface area (Å²) in [5.41, 5.74) is 7.56. The summed E-state index contributed by atoms with van der Waals surface area (Å²) < 4.78 is 6.38. The maximum Gasteiger partial charge on any atom is 0.124 e. The highest BCUT2D eigenvalue weighted by Crippen LogP contribution is 2.47. The Morgan fingerprint density at radius 3 is 3.00 bits per heavy atom. The lowest BCUT2D eigenvalue weighted by atomic mass is 9.72. The molecule has 1 aliphatic carbocycles. The van der Waals surface area contributed by atoms with Crippen LogP contribution in [0, 0.1) is 5.92 Å². The van der Waals surface area contributed by atoms with E-state index in [-0.39, 0.29) is 11.6 Å². The van der Waals surface area contributed by atoms with E-state index in [0.717, 1.165) is 18.1 Å². The second kappa shape index (κ2) is 4.58. The summed E-state index contributed by atoms with van der Waals surface area (Å²) in [4.78, 5) is 0. The Hall–Kier alpha value is -1.02. The summed E-state index contributed by atoms with van der Waals surface area (Å²) in [6.45, 7) is 2.29. The number of hydrogen-bond donors (Lipinski definition) is 1. The molecular weight excluding hydrogens is 222 g/mol. The van der Waals surface area contributed by atoms with Crippen LogP contribution in [-0.4, -0.2) is 5.60 Å². The largest absolute Gasteiger partial charge is 0.487 e. The van der Waals surface area contributed by atoms with E-state index in [1.54, 1.807) is 0 Å². The Balaban J connectivity index is 1.88. The minimum Gasteiger partial charge on any atom is -0.487 e. The highest BCUT2D eigenvalue weighted by atomic mass is 16.5. The quantitative estimate of drug-likeness (QED) is 0.816. The van der Waals surface area contributed by atoms with Gasteiger partial charge in [-0.15, -0.1) is 0 Å². The van der Waals surface area contributed by atoms with Crippen molar-refractivity contribution in [3.8, 4) is 5.75 Å². The highest BCUT2D eigenvalue weighted by Gasteiger charge is 2.42. The standard InChI is InChI=1S/C16H23NO/c1-2-12-6-5-9-16(10-12)11-14(17)13-7-3-4-8-15(13)18-16/h3-4,7-8,12,14H,2,5-6,9-11,17H2,1H3. The van der Waals surface area contributed by atoms with Crippen molar-refractivity contribution in [2.24, 2.45) is 11.7 Å². The zero-order valence-electron chi connectivity index (χ0n) is 11.2. The van der Waals surface area contributed by atoms with Gasteiger partial charge in [-0.1, -0.05) is 38.0 Å². The molecule has 3 atom stereocenters. The second-order valence-electron chi connectivity index (χ2n) is 6.00. The van der Waals surface area contributed by atoms with E-state index in [1.165, 1.54) is 37.7 Å². The van der Waals surface area contributed by atoms with Gasteiger partial charge in [-0.3, -0.25) is 0 Å². The molecule has 0 saturated heterocycles. The van der Waals surface area contributed by atoms with Gasteiger partial charge < -0.3 is 10.5 Å². The molecular formula is C16H23NO. The lowest BCUT2D eigenvalue weighted by Gasteiger charge is -2.46. The summed E-state index contributed by atoms with van der Waals surface area (Å²) in [5.74, 6) is 1.84. The molecule has 18 heavy (non-hydrogen) atoms. The molecule has 3 rings (SSSR count). The molecule has 1 aromatic rings. The predicted molar refractivity (Wildman–Crippen MR) is 73.6 cm³/mol. The molecule has 1 aliphatic heterocycles. The molecule has 1 spiro atoms. The zero-order valence-corrected chi connectivity index (χ0v) is 11.2. The zero-order chi connectivity index (χ0) is 12.6. The molecule has 3 unspecified atom stereocenters. The molecule has 0 radical (unpaired) electrons. The highest BCUT2D eigenvalue weighted by molar-refractivity contribution is 5.38. The van der Waals surface area contributed by atoms with Gasteiger partial charge in [-0.25, -0.2) is 0 Å². The predicted octanol–water partition coefficient (Wildman–Crippen LogP) is 3.81. The fraction of sp³-hybridized carbons (Fsp3) is 0.625. The number of para-hydroxylation sites is 1. The fourth-order valence-corrected chi connectivity index (χ4v) is 3.74. The third-order valence-corrected chi connectivity index (χ3v) is 4.72. The van der Waals surface area contributed by atoms with Gasteiger partial charge in [-0.2, -0.15) is 0 Å². The third kappa shape index (κ3) is 2.03. The van der Waals surface area contributed by atoms with Gasteiger partial charge in [0.25, 0.3) is 0 Å². The van der Waals surface area contributed by atoms with Crippen molar-refractivity contribution < 1.29 is 4.74 Å². The van der Waals surface area contributed by atoms with Crippen LogP contribution in [0.15, 0.2) is 24.3 Å². The van der Waals surface area contributed by atoms with E-state index >= 15 is 0 Å². The molecule has 1 fully saturated rings. The molecule has 0 amide bonds. The molecule has 2 heteroatoms. The summed E-state index contributed by atoms with van der Waals surface area (Å²) in [6, 6.07) is 8.42. The van der Waals surface area contributed by atoms with Crippen molar-refractivity contribution in [1.29, 1.82) is 0 Å². The van der Waals surface area contributed by atoms with Crippen LogP contribution in [0.3, 0.4) is 0 Å². The van der Waals surface area contributed by atoms with Crippen LogP contribution in [-0.2, 0) is 0 Å². The van der Waals surface area contributed by atoms with Crippen LogP contribution in [0.25, 0.3) is 0 Å². The average Bonchev–Trinajstić information content (AvgIpc) is 2.38. The first-order valence-corrected chi connectivity index (χ1v) is 7.26. The van der Waals surface area contributed by atoms with Gasteiger partial charge in [0.15, 0.2) is 0 Å². The number of fused-ring (bicyclic) bond motifs is 1. The lowest BCUT2D eigenvalue weighted by molar-refractivity contribution is -0.0175. The van der Waals surface area contributed by atoms with Crippen molar-refractivity contribution in [2.45, 2.75) is 57.1 Å². The van der Waals surface area contributed by atoms with E-state index in [2.05, 4.69) is 25.1 Å². The smallest absolute Gasteiger partial charge is 0.124 e. The summed E-state index contributed by atoms with van der Waals surface area (Å²) in [6.07, 6.45) is 7.26. The van der Waals surface area contributed by atoms with Crippen LogP contribution in [0.2, 0.25) is 0 Å². The van der Waals surface area contributed by atoms with Crippen LogP contribution < -0.4 is 10.5 Å². The van der Waals surface area contributed by atoms with Crippen molar-refractivity contribution in [1.82, 2.24) is 0 Å². The first-order chi connectivity index (χ1) is 8.72. The summed E-state index contributed by atoms with van der Waals surface area (Å²) >= 11 is 0. The van der Waals surface area contributed by atoms with Gasteiger partial charge >= 0.3 is 0 Å². The van der Waals surface area contributed by atoms with E-state index in [1.807, 2.05) is 6.07 Å². The van der Waals surface area contributed by atoms with Gasteiger partial charge in [-0.05, 0) is 31.2 Å². The average molecular weight is 245 g/mol. The Morgan fingerprint density at radius 1 is 1.33 bits per heavy atom. The first kappa shape index (κ1) is 12.0. The van der Waals surface area contributed by atoms with Crippen molar-refractivity contribution in [3.05, 3.63) is 29.8 Å². The Labute approximate surface area is 110 Å². The van der Waals surface area contributed by atoms with Crippen molar-refractivity contribution >= 4 is 0 Å². The van der Waals surface area contributed by atoms with Crippen molar-refractivity contribution in [2.75, 3.05) is 0 Å². The molecule has 1 heterocycles. The monoisotopic (exact) mass is 245 g/mol. The van der Waals surface area contributed by atoms with Gasteiger partial charge in [0.2, 0.25) is 0 Å². The maximum atomic E-state index is 6.38. The number of nitrogens with two attached hydrogens (primary N) is 1. The third-order valence-electron chi connectivity index (χ3n) is 4.72. The molecule has 0 aromatic heterocycles. The molecule has 98 valence electrons. The molecule has 2 N–H and O–H groups in total. The Morgan fingerprint density at radius 2 is 2.17 bits per heavy atom. The van der Waals surface area contributed by atoms with Crippen LogP contribution >= 0.6 is 0 Å². The van der Waals surface area contributed by atoms with E-state index in [4.69, 9.17) is 10.5 Å². The summed E-state index contributed by atoms with van der Waals surface area (Å²) in [7, 11) is 0. The molecule has 0 bridgehead atoms. The molecule has 1 aromatic carbocycles. The van der Waals surface area contributed by atoms with Crippen LogP contribution in [0.1, 0.15) is 57.1 Å². The van der Waals surface area contributed by atoms with Gasteiger partial charge in [0.1, 0.15) is 11.4 Å². The van der Waals surface area contributed by atoms with E-state index in [0.29, 0.717) is 0 Å². The first-order valence-electron chi connectivity index (χ1n) is 7.26. The van der Waals surface area contributed by atoms with Crippen molar-refractivity contribution in [3.63, 3.8) is 0 Å². The fourth-order valence-electron chi connectivity index (χ4n) is 3.74. The number of ether oxygens (including phenoxy) is 1. The number of benzene rings is 1. The van der Waals surface area contributed by atoms with Gasteiger partial charge in [0.05, 0.1) is 0 Å². The number of hydrogen-bond acceptors (Lipinski definition) is 2. The Kier molecular flexibility index (Phi) is 3.06. The maximum absolute atomic E-state index is 6.38. The normalized spacial score (nSPS) is 35.0. The SMILES string of the molecule is CCC1CCCC2(C1)CC(N)c1ccccc1O2. The summed E-state index contributed by atoms with van der Waals surface area (Å²) in [5, 5.41) is 0. The van der Waals surface area contributed by atoms with Crippen LogP contribution in [0.5, 0.6) is 5.75 Å². The molecule has 2 nitrogen and oxygen atoms in total. The molecule has 1 saturated carbocycles. The topological polar surface area (TPSA) is 35.2 Å². The van der Waals surface area contributed by atoms with Crippen LogP contribution in [0.4, 0.5) is 0 Å².